The molecule has 2 aliphatic rings. The number of ether oxygens (including phenoxy) is 4. The summed E-state index contributed by atoms with van der Waals surface area (Å²) in [5.41, 5.74) is -3.10. The SMILES string of the molecule is CO[C@@H]1OC[C@](O)(C(F)(F)F)[C@H]2OC(C)(C)O[C@@H]12. The summed E-state index contributed by atoms with van der Waals surface area (Å²) >= 11 is 0. The van der Waals surface area contributed by atoms with Crippen molar-refractivity contribution in [3.63, 3.8) is 0 Å². The number of hydrogen-bond acceptors (Lipinski definition) is 5. The lowest BCUT2D eigenvalue weighted by atomic mass is 9.90. The highest BCUT2D eigenvalue weighted by Gasteiger charge is 2.69. The van der Waals surface area contributed by atoms with Gasteiger partial charge in [0.15, 0.2) is 12.1 Å². The van der Waals surface area contributed by atoms with Crippen molar-refractivity contribution < 1.29 is 37.2 Å². The second kappa shape index (κ2) is 4.04. The largest absolute Gasteiger partial charge is 0.422 e. The maximum absolute atomic E-state index is 12.9. The van der Waals surface area contributed by atoms with Gasteiger partial charge in [-0.15, -0.1) is 0 Å². The highest BCUT2D eigenvalue weighted by molar-refractivity contribution is 5.05. The molecule has 1 N–H and O–H groups in total. The third-order valence-electron chi connectivity index (χ3n) is 3.06. The number of halogens is 3. The number of rotatable bonds is 1. The molecule has 2 heterocycles. The van der Waals surface area contributed by atoms with Crippen LogP contribution in [-0.2, 0) is 18.9 Å². The van der Waals surface area contributed by atoms with Crippen molar-refractivity contribution in [1.82, 2.24) is 0 Å². The molecule has 4 atom stereocenters. The number of alkyl halides is 3. The zero-order chi connectivity index (χ0) is 13.8. The van der Waals surface area contributed by atoms with Crippen LogP contribution >= 0.6 is 0 Å². The molecule has 5 nitrogen and oxygen atoms in total. The molecular formula is C10H15F3O5. The van der Waals surface area contributed by atoms with E-state index < -0.39 is 42.7 Å². The maximum Gasteiger partial charge on any atom is 0.422 e. The molecule has 0 aromatic rings. The molecule has 0 unspecified atom stereocenters. The van der Waals surface area contributed by atoms with Crippen LogP contribution in [0, 0.1) is 0 Å². The molecule has 0 radical (unpaired) electrons. The number of aliphatic hydroxyl groups is 1. The second-order valence-corrected chi connectivity index (χ2v) is 4.86. The lowest BCUT2D eigenvalue weighted by Gasteiger charge is -2.42. The van der Waals surface area contributed by atoms with Gasteiger partial charge in [-0.2, -0.15) is 13.2 Å². The molecular weight excluding hydrogens is 257 g/mol. The van der Waals surface area contributed by atoms with E-state index in [0.29, 0.717) is 0 Å². The molecule has 0 saturated carbocycles. The first-order valence-corrected chi connectivity index (χ1v) is 5.40. The standard InChI is InChI=1S/C10H15F3O5/c1-8(2)17-5-6(18-8)9(14,10(11,12)13)4-16-7(5)15-3/h5-7,14H,4H2,1-3H3/t5-,6+,7-,9-/m1/s1. The van der Waals surface area contributed by atoms with Crippen molar-refractivity contribution >= 4 is 0 Å². The molecule has 2 aliphatic heterocycles. The first-order chi connectivity index (χ1) is 8.11. The zero-order valence-corrected chi connectivity index (χ0v) is 10.2. The van der Waals surface area contributed by atoms with E-state index in [-0.39, 0.29) is 0 Å². The fraction of sp³-hybridized carbons (Fsp3) is 1.00. The molecule has 0 spiro atoms. The molecule has 0 amide bonds. The minimum atomic E-state index is -4.88. The Morgan fingerprint density at radius 3 is 2.39 bits per heavy atom. The van der Waals surface area contributed by atoms with Crippen LogP contribution in [0.15, 0.2) is 0 Å². The molecule has 0 aromatic carbocycles. The quantitative estimate of drug-likeness (QED) is 0.765. The second-order valence-electron chi connectivity index (χ2n) is 4.86. The molecule has 2 fully saturated rings. The Morgan fingerprint density at radius 2 is 1.89 bits per heavy atom. The summed E-state index contributed by atoms with van der Waals surface area (Å²) in [5.74, 6) is -1.24. The monoisotopic (exact) mass is 272 g/mol. The van der Waals surface area contributed by atoms with E-state index in [1.165, 1.54) is 21.0 Å². The molecule has 0 bridgehead atoms. The predicted molar refractivity (Wildman–Crippen MR) is 51.6 cm³/mol. The van der Waals surface area contributed by atoms with Gasteiger partial charge in [0.25, 0.3) is 0 Å². The van der Waals surface area contributed by atoms with Gasteiger partial charge in [0.2, 0.25) is 5.60 Å². The first-order valence-electron chi connectivity index (χ1n) is 5.40. The first kappa shape index (κ1) is 14.0. The van der Waals surface area contributed by atoms with E-state index in [1.54, 1.807) is 0 Å². The van der Waals surface area contributed by atoms with Crippen LogP contribution in [0.2, 0.25) is 0 Å². The van der Waals surface area contributed by atoms with Crippen molar-refractivity contribution in [3.05, 3.63) is 0 Å². The summed E-state index contributed by atoms with van der Waals surface area (Å²) in [5, 5.41) is 9.81. The number of methoxy groups -OCH3 is 1. The van der Waals surface area contributed by atoms with E-state index in [1.807, 2.05) is 0 Å². The van der Waals surface area contributed by atoms with Gasteiger partial charge < -0.3 is 24.1 Å². The highest BCUT2D eigenvalue weighted by atomic mass is 19.4. The van der Waals surface area contributed by atoms with Crippen LogP contribution in [0.4, 0.5) is 13.2 Å². The van der Waals surface area contributed by atoms with Gasteiger partial charge in [-0.3, -0.25) is 0 Å². The van der Waals surface area contributed by atoms with Gasteiger partial charge in [0.05, 0.1) is 6.61 Å². The van der Waals surface area contributed by atoms with Crippen molar-refractivity contribution in [3.8, 4) is 0 Å². The third kappa shape index (κ3) is 2.01. The Hall–Kier alpha value is -0.410. The van der Waals surface area contributed by atoms with Crippen LogP contribution in [0.5, 0.6) is 0 Å². The zero-order valence-electron chi connectivity index (χ0n) is 10.2. The van der Waals surface area contributed by atoms with Gasteiger partial charge in [-0.1, -0.05) is 0 Å². The fourth-order valence-corrected chi connectivity index (χ4v) is 2.19. The molecule has 18 heavy (non-hydrogen) atoms. The Morgan fingerprint density at radius 1 is 1.28 bits per heavy atom. The van der Waals surface area contributed by atoms with Crippen LogP contribution < -0.4 is 0 Å². The lowest BCUT2D eigenvalue weighted by molar-refractivity contribution is -0.350. The van der Waals surface area contributed by atoms with Gasteiger partial charge in [0.1, 0.15) is 12.2 Å². The minimum absolute atomic E-state index is 0.949. The van der Waals surface area contributed by atoms with E-state index in [2.05, 4.69) is 0 Å². The Balaban J connectivity index is 2.33. The third-order valence-corrected chi connectivity index (χ3v) is 3.06. The summed E-state index contributed by atoms with van der Waals surface area (Å²) < 4.78 is 59.1. The normalized spacial score (nSPS) is 43.8. The summed E-state index contributed by atoms with van der Waals surface area (Å²) in [7, 11) is 1.29. The molecule has 2 rings (SSSR count). The average Bonchev–Trinajstić information content (AvgIpc) is 2.54. The molecule has 8 heteroatoms. The number of fused-ring (bicyclic) bond motifs is 1. The van der Waals surface area contributed by atoms with Crippen LogP contribution in [0.1, 0.15) is 13.8 Å². The van der Waals surface area contributed by atoms with Gasteiger partial charge in [-0.25, -0.2) is 0 Å². The van der Waals surface area contributed by atoms with Gasteiger partial charge in [-0.05, 0) is 13.8 Å². The van der Waals surface area contributed by atoms with E-state index in [9.17, 15) is 18.3 Å². The van der Waals surface area contributed by atoms with Crippen molar-refractivity contribution in [2.45, 2.75) is 49.9 Å². The molecule has 106 valence electrons. The predicted octanol–water partition coefficient (Wildman–Crippen LogP) is 0.803. The lowest BCUT2D eigenvalue weighted by Crippen LogP contribution is -2.67. The summed E-state index contributed by atoms with van der Waals surface area (Å²) in [4.78, 5) is 0. The topological polar surface area (TPSA) is 57.2 Å². The van der Waals surface area contributed by atoms with Crippen LogP contribution in [0.25, 0.3) is 0 Å². The van der Waals surface area contributed by atoms with E-state index in [0.717, 1.165) is 0 Å². The summed E-state index contributed by atoms with van der Waals surface area (Å²) in [6.07, 6.45) is -8.59. The van der Waals surface area contributed by atoms with Crippen molar-refractivity contribution in [1.29, 1.82) is 0 Å². The molecule has 2 saturated heterocycles. The van der Waals surface area contributed by atoms with E-state index in [4.69, 9.17) is 18.9 Å². The van der Waals surface area contributed by atoms with Crippen molar-refractivity contribution in [2.24, 2.45) is 0 Å². The van der Waals surface area contributed by atoms with E-state index >= 15 is 0 Å². The summed E-state index contributed by atoms with van der Waals surface area (Å²) in [6, 6.07) is 0. The smallest absolute Gasteiger partial charge is 0.377 e. The summed E-state index contributed by atoms with van der Waals surface area (Å²) in [6.45, 7) is 1.99. The van der Waals surface area contributed by atoms with Crippen LogP contribution in [-0.4, -0.2) is 54.9 Å². The Kier molecular flexibility index (Phi) is 3.14. The van der Waals surface area contributed by atoms with Crippen LogP contribution in [0.3, 0.4) is 0 Å². The fourth-order valence-electron chi connectivity index (χ4n) is 2.19. The molecule has 0 aliphatic carbocycles. The Bertz CT molecular complexity index is 332. The minimum Gasteiger partial charge on any atom is -0.377 e. The maximum atomic E-state index is 12.9. The highest BCUT2D eigenvalue weighted by Crippen LogP contribution is 2.46. The average molecular weight is 272 g/mol. The van der Waals surface area contributed by atoms with Gasteiger partial charge in [0, 0.05) is 7.11 Å². The van der Waals surface area contributed by atoms with Crippen molar-refractivity contribution in [2.75, 3.05) is 13.7 Å². The molecule has 0 aromatic heterocycles. The Labute approximate surface area is 102 Å². The van der Waals surface area contributed by atoms with Gasteiger partial charge >= 0.3 is 6.18 Å². The number of hydrogen-bond donors (Lipinski definition) is 1.